The zero-order valence-electron chi connectivity index (χ0n) is 12.0. The fourth-order valence-corrected chi connectivity index (χ4v) is 3.27. The Hall–Kier alpha value is -1.98. The summed E-state index contributed by atoms with van der Waals surface area (Å²) in [6.07, 6.45) is 1.63. The molecular weight excluding hydrogens is 292 g/mol. The predicted molar refractivity (Wildman–Crippen MR) is 74.1 cm³/mol. The van der Waals surface area contributed by atoms with Crippen LogP contribution < -0.4 is 0 Å². The molecule has 1 heterocycles. The number of carbonyl (C=O) groups excluding carboxylic acids is 1. The Morgan fingerprint density at radius 3 is 2.55 bits per heavy atom. The Balaban J connectivity index is 1.69. The van der Waals surface area contributed by atoms with Crippen LogP contribution in [0.1, 0.15) is 30.7 Å². The van der Waals surface area contributed by atoms with Crippen molar-refractivity contribution in [3.8, 4) is 0 Å². The van der Waals surface area contributed by atoms with Crippen LogP contribution in [0.3, 0.4) is 0 Å². The number of piperidine rings is 1. The first-order chi connectivity index (χ1) is 10.5. The van der Waals surface area contributed by atoms with Crippen molar-refractivity contribution in [1.82, 2.24) is 4.90 Å². The zero-order valence-corrected chi connectivity index (χ0v) is 12.0. The second-order valence-corrected chi connectivity index (χ2v) is 6.05. The number of aliphatic carboxylic acids is 1. The molecule has 2 fully saturated rings. The molecule has 1 saturated carbocycles. The van der Waals surface area contributed by atoms with E-state index in [-0.39, 0.29) is 18.0 Å². The smallest absolute Gasteiger partial charge is 0.308 e. The molecule has 3 atom stereocenters. The number of halogens is 2. The Morgan fingerprint density at radius 2 is 1.91 bits per heavy atom. The molecule has 1 amide bonds. The van der Waals surface area contributed by atoms with Crippen molar-refractivity contribution in [2.75, 3.05) is 13.1 Å². The number of likely N-dealkylation sites (tertiary alicyclic amines) is 1. The molecule has 0 unspecified atom stereocenters. The molecule has 1 aromatic rings. The molecule has 4 nitrogen and oxygen atoms in total. The van der Waals surface area contributed by atoms with Crippen molar-refractivity contribution in [3.05, 3.63) is 35.4 Å². The van der Waals surface area contributed by atoms with Crippen molar-refractivity contribution >= 4 is 11.9 Å². The molecule has 6 heteroatoms. The fraction of sp³-hybridized carbons (Fsp3) is 0.500. The van der Waals surface area contributed by atoms with E-state index in [1.807, 2.05) is 0 Å². The maximum absolute atomic E-state index is 13.7. The minimum atomic E-state index is -0.898. The number of nitrogens with zero attached hydrogens (tertiary/aromatic N) is 1. The lowest BCUT2D eigenvalue weighted by Crippen LogP contribution is -2.43. The average Bonchev–Trinajstić information content (AvgIpc) is 3.26. The van der Waals surface area contributed by atoms with Gasteiger partial charge in [0.25, 0.3) is 0 Å². The van der Waals surface area contributed by atoms with E-state index in [0.717, 1.165) is 0 Å². The standard InChI is InChI=1S/C16H17F2NO3/c17-12-4-1-5-13(18)14(12)10-7-11(10)15(20)19-6-2-3-9(8-19)16(21)22/h1,4-5,9-11H,2-3,6-8H2,(H,21,22)/t9-,10+,11-/m1/s1. The van der Waals surface area contributed by atoms with Gasteiger partial charge in [0.05, 0.1) is 5.92 Å². The number of hydrogen-bond acceptors (Lipinski definition) is 2. The second kappa shape index (κ2) is 5.66. The molecular formula is C16H17F2NO3. The molecule has 1 aliphatic carbocycles. The summed E-state index contributed by atoms with van der Waals surface area (Å²) in [5, 5.41) is 9.06. The highest BCUT2D eigenvalue weighted by molar-refractivity contribution is 5.84. The molecule has 2 aliphatic rings. The average molecular weight is 309 g/mol. The molecule has 22 heavy (non-hydrogen) atoms. The van der Waals surface area contributed by atoms with Crippen molar-refractivity contribution in [2.24, 2.45) is 11.8 Å². The molecule has 0 bridgehead atoms. The van der Waals surface area contributed by atoms with Gasteiger partial charge in [0.1, 0.15) is 11.6 Å². The first-order valence-electron chi connectivity index (χ1n) is 7.44. The number of amides is 1. The van der Waals surface area contributed by atoms with Crippen LogP contribution in [0.25, 0.3) is 0 Å². The molecule has 1 aromatic carbocycles. The Kier molecular flexibility index (Phi) is 3.85. The summed E-state index contributed by atoms with van der Waals surface area (Å²) in [6, 6.07) is 3.69. The van der Waals surface area contributed by atoms with Crippen LogP contribution in [-0.2, 0) is 9.59 Å². The summed E-state index contributed by atoms with van der Waals surface area (Å²) in [5.74, 6) is -3.73. The third-order valence-electron chi connectivity index (χ3n) is 4.56. The van der Waals surface area contributed by atoms with Gasteiger partial charge in [-0.05, 0) is 31.4 Å². The van der Waals surface area contributed by atoms with E-state index in [2.05, 4.69) is 0 Å². The van der Waals surface area contributed by atoms with Crippen molar-refractivity contribution in [2.45, 2.75) is 25.2 Å². The van der Waals surface area contributed by atoms with Gasteiger partial charge < -0.3 is 10.0 Å². The summed E-state index contributed by atoms with van der Waals surface area (Å²) in [4.78, 5) is 25.0. The van der Waals surface area contributed by atoms with E-state index in [4.69, 9.17) is 5.11 Å². The van der Waals surface area contributed by atoms with E-state index in [1.165, 1.54) is 23.1 Å². The van der Waals surface area contributed by atoms with Crippen LogP contribution in [0.15, 0.2) is 18.2 Å². The second-order valence-electron chi connectivity index (χ2n) is 6.05. The Bertz CT molecular complexity index is 599. The summed E-state index contributed by atoms with van der Waals surface area (Å²) in [5.41, 5.74) is -0.0207. The first kappa shape index (κ1) is 14.9. The van der Waals surface area contributed by atoms with Gasteiger partial charge in [-0.2, -0.15) is 0 Å². The Labute approximate surface area is 126 Å². The van der Waals surface area contributed by atoms with E-state index in [9.17, 15) is 18.4 Å². The molecule has 1 saturated heterocycles. The van der Waals surface area contributed by atoms with E-state index < -0.39 is 35.4 Å². The summed E-state index contributed by atoms with van der Waals surface area (Å²) in [6.45, 7) is 0.711. The van der Waals surface area contributed by atoms with Crippen LogP contribution >= 0.6 is 0 Å². The Morgan fingerprint density at radius 1 is 1.23 bits per heavy atom. The molecule has 3 rings (SSSR count). The zero-order chi connectivity index (χ0) is 15.9. The minimum absolute atomic E-state index is 0.0207. The monoisotopic (exact) mass is 309 g/mol. The van der Waals surface area contributed by atoms with Crippen molar-refractivity contribution in [3.63, 3.8) is 0 Å². The van der Waals surface area contributed by atoms with Crippen molar-refractivity contribution in [1.29, 1.82) is 0 Å². The molecule has 0 spiro atoms. The van der Waals surface area contributed by atoms with Crippen LogP contribution in [0.4, 0.5) is 8.78 Å². The van der Waals surface area contributed by atoms with Crippen LogP contribution in [0, 0.1) is 23.5 Å². The lowest BCUT2D eigenvalue weighted by molar-refractivity contribution is -0.146. The van der Waals surface area contributed by atoms with Gasteiger partial charge >= 0.3 is 5.97 Å². The molecule has 0 aromatic heterocycles. The lowest BCUT2D eigenvalue weighted by Gasteiger charge is -2.31. The third kappa shape index (κ3) is 2.69. The van der Waals surface area contributed by atoms with Gasteiger partial charge in [-0.25, -0.2) is 8.78 Å². The highest BCUT2D eigenvalue weighted by Crippen LogP contribution is 2.50. The van der Waals surface area contributed by atoms with E-state index in [0.29, 0.717) is 25.8 Å². The highest BCUT2D eigenvalue weighted by atomic mass is 19.1. The summed E-state index contributed by atoms with van der Waals surface area (Å²) < 4.78 is 27.5. The van der Waals surface area contributed by atoms with Gasteiger partial charge in [-0.3, -0.25) is 9.59 Å². The number of carbonyl (C=O) groups is 2. The van der Waals surface area contributed by atoms with Gasteiger partial charge in [0, 0.05) is 30.5 Å². The quantitative estimate of drug-likeness (QED) is 0.932. The number of benzene rings is 1. The number of rotatable bonds is 3. The molecule has 1 aliphatic heterocycles. The normalized spacial score (nSPS) is 27.5. The van der Waals surface area contributed by atoms with Crippen LogP contribution in [-0.4, -0.2) is 35.0 Å². The van der Waals surface area contributed by atoms with Gasteiger partial charge in [-0.1, -0.05) is 6.07 Å². The predicted octanol–water partition coefficient (Wildman–Crippen LogP) is 2.39. The fourth-order valence-electron chi connectivity index (χ4n) is 3.27. The molecule has 0 radical (unpaired) electrons. The van der Waals surface area contributed by atoms with E-state index >= 15 is 0 Å². The molecule has 1 N–H and O–H groups in total. The van der Waals surface area contributed by atoms with Gasteiger partial charge in [0.2, 0.25) is 5.91 Å². The maximum Gasteiger partial charge on any atom is 0.308 e. The van der Waals surface area contributed by atoms with Gasteiger partial charge in [-0.15, -0.1) is 0 Å². The third-order valence-corrected chi connectivity index (χ3v) is 4.56. The highest BCUT2D eigenvalue weighted by Gasteiger charge is 2.48. The number of carboxylic acids is 1. The maximum atomic E-state index is 13.7. The first-order valence-corrected chi connectivity index (χ1v) is 7.44. The number of carboxylic acid groups (broad SMARTS) is 1. The van der Waals surface area contributed by atoms with Gasteiger partial charge in [0.15, 0.2) is 0 Å². The SMILES string of the molecule is O=C(O)[C@@H]1CCCN(C(=O)[C@@H]2C[C@@H]2c2c(F)cccc2F)C1. The summed E-state index contributed by atoms with van der Waals surface area (Å²) in [7, 11) is 0. The van der Waals surface area contributed by atoms with Crippen LogP contribution in [0.5, 0.6) is 0 Å². The lowest BCUT2D eigenvalue weighted by atomic mass is 9.97. The van der Waals surface area contributed by atoms with Crippen LogP contribution in [0.2, 0.25) is 0 Å². The topological polar surface area (TPSA) is 57.6 Å². The largest absolute Gasteiger partial charge is 0.481 e. The minimum Gasteiger partial charge on any atom is -0.481 e. The van der Waals surface area contributed by atoms with E-state index in [1.54, 1.807) is 0 Å². The number of hydrogen-bond donors (Lipinski definition) is 1. The molecule has 118 valence electrons. The van der Waals surface area contributed by atoms with Crippen molar-refractivity contribution < 1.29 is 23.5 Å². The summed E-state index contributed by atoms with van der Waals surface area (Å²) >= 11 is 0.